The van der Waals surface area contributed by atoms with Gasteiger partial charge in [0, 0.05) is 18.0 Å². The Morgan fingerprint density at radius 1 is 1.00 bits per heavy atom. The van der Waals surface area contributed by atoms with Gasteiger partial charge in [-0.05, 0) is 76.8 Å². The minimum absolute atomic E-state index is 0. The van der Waals surface area contributed by atoms with Crippen LogP contribution in [-0.2, 0) is 16.8 Å². The molecule has 0 aliphatic rings. The molecule has 5 nitrogen and oxygen atoms in total. The first-order valence-electron chi connectivity index (χ1n) is 10.9. The second kappa shape index (κ2) is 12.9. The first-order chi connectivity index (χ1) is 14.1. The van der Waals surface area contributed by atoms with E-state index < -0.39 is 11.4 Å². The largest absolute Gasteiger partial charge is 0.481 e. The van der Waals surface area contributed by atoms with Crippen molar-refractivity contribution in [2.45, 2.75) is 78.0 Å². The SMILES string of the molecule is CC(C)N(CC[C@H](c1ccccc1)c1cc(CO)ccc1C(C)(C)C(=O)O)C(C)C.Cl.O. The van der Waals surface area contributed by atoms with E-state index in [2.05, 4.69) is 44.7 Å². The van der Waals surface area contributed by atoms with Crippen LogP contribution in [0, 0.1) is 0 Å². The number of aliphatic hydroxyl groups is 1. The van der Waals surface area contributed by atoms with Crippen LogP contribution in [0.2, 0.25) is 0 Å². The molecule has 0 heterocycles. The fourth-order valence-electron chi connectivity index (χ4n) is 4.26. The number of halogens is 1. The molecule has 0 saturated carbocycles. The molecule has 6 heteroatoms. The average Bonchev–Trinajstić information content (AvgIpc) is 2.70. The van der Waals surface area contributed by atoms with Gasteiger partial charge in [0.25, 0.3) is 0 Å². The number of hydrogen-bond donors (Lipinski definition) is 2. The second-order valence-corrected chi connectivity index (χ2v) is 9.19. The van der Waals surface area contributed by atoms with Crippen molar-refractivity contribution in [3.8, 4) is 0 Å². The molecule has 0 spiro atoms. The van der Waals surface area contributed by atoms with E-state index in [1.165, 1.54) is 5.56 Å². The van der Waals surface area contributed by atoms with Gasteiger partial charge in [0.1, 0.15) is 0 Å². The first-order valence-corrected chi connectivity index (χ1v) is 10.9. The van der Waals surface area contributed by atoms with Crippen molar-refractivity contribution in [3.05, 3.63) is 70.8 Å². The number of carbonyl (C=O) groups is 1. The van der Waals surface area contributed by atoms with Crippen LogP contribution in [-0.4, -0.2) is 45.2 Å². The Kier molecular flexibility index (Phi) is 12.2. The maximum absolute atomic E-state index is 12.1. The van der Waals surface area contributed by atoms with Gasteiger partial charge < -0.3 is 15.7 Å². The van der Waals surface area contributed by atoms with Crippen LogP contribution in [0.3, 0.4) is 0 Å². The molecule has 0 radical (unpaired) electrons. The summed E-state index contributed by atoms with van der Waals surface area (Å²) in [5.41, 5.74) is 2.75. The lowest BCUT2D eigenvalue weighted by molar-refractivity contribution is -0.142. The number of carboxylic acids is 1. The van der Waals surface area contributed by atoms with Gasteiger partial charge in [-0.1, -0.05) is 48.5 Å². The van der Waals surface area contributed by atoms with Crippen molar-refractivity contribution < 1.29 is 20.5 Å². The van der Waals surface area contributed by atoms with Crippen LogP contribution in [0.25, 0.3) is 0 Å². The zero-order chi connectivity index (χ0) is 22.5. The third kappa shape index (κ3) is 7.04. The van der Waals surface area contributed by atoms with E-state index in [1.807, 2.05) is 36.4 Å². The van der Waals surface area contributed by atoms with Gasteiger partial charge in [-0.15, -0.1) is 12.4 Å². The molecule has 32 heavy (non-hydrogen) atoms. The van der Waals surface area contributed by atoms with E-state index in [9.17, 15) is 15.0 Å². The van der Waals surface area contributed by atoms with Gasteiger partial charge >= 0.3 is 5.97 Å². The number of nitrogens with zero attached hydrogens (tertiary/aromatic N) is 1. The quantitative estimate of drug-likeness (QED) is 0.528. The van der Waals surface area contributed by atoms with Gasteiger partial charge in [-0.25, -0.2) is 0 Å². The Morgan fingerprint density at radius 2 is 1.56 bits per heavy atom. The zero-order valence-electron chi connectivity index (χ0n) is 20.1. The molecule has 0 bridgehead atoms. The number of aliphatic carboxylic acids is 1. The summed E-state index contributed by atoms with van der Waals surface area (Å²) < 4.78 is 0. The Morgan fingerprint density at radius 3 is 2.03 bits per heavy atom. The molecule has 0 aromatic heterocycles. The minimum Gasteiger partial charge on any atom is -0.481 e. The maximum atomic E-state index is 12.1. The smallest absolute Gasteiger partial charge is 0.313 e. The lowest BCUT2D eigenvalue weighted by Crippen LogP contribution is -2.38. The van der Waals surface area contributed by atoms with Crippen molar-refractivity contribution in [2.24, 2.45) is 0 Å². The standard InChI is InChI=1S/C26H37NO3.ClH.H2O/c1-18(2)27(19(3)4)15-14-22(21-10-8-7-9-11-21)23-16-20(17-28)12-13-24(23)26(5,6)25(29)30;;/h7-13,16,18-19,22,28H,14-15,17H2,1-6H3,(H,29,30);1H;1H2/t22-;;/m1../s1. The third-order valence-corrected chi connectivity index (χ3v) is 6.09. The lowest BCUT2D eigenvalue weighted by Gasteiger charge is -2.33. The van der Waals surface area contributed by atoms with Crippen molar-refractivity contribution >= 4 is 18.4 Å². The van der Waals surface area contributed by atoms with Gasteiger partial charge in [0.05, 0.1) is 12.0 Å². The first kappa shape index (κ1) is 30.1. The van der Waals surface area contributed by atoms with Crippen molar-refractivity contribution in [1.29, 1.82) is 0 Å². The summed E-state index contributed by atoms with van der Waals surface area (Å²) in [6.45, 7) is 13.2. The van der Waals surface area contributed by atoms with Gasteiger partial charge in [0.2, 0.25) is 0 Å². The molecule has 2 rings (SSSR count). The normalized spacial score (nSPS) is 12.4. The van der Waals surface area contributed by atoms with Crippen molar-refractivity contribution in [3.63, 3.8) is 0 Å². The maximum Gasteiger partial charge on any atom is 0.313 e. The van der Waals surface area contributed by atoms with Crippen molar-refractivity contribution in [2.75, 3.05) is 6.54 Å². The number of benzene rings is 2. The summed E-state index contributed by atoms with van der Waals surface area (Å²) in [7, 11) is 0. The van der Waals surface area contributed by atoms with Gasteiger partial charge in [0.15, 0.2) is 0 Å². The summed E-state index contributed by atoms with van der Waals surface area (Å²) in [6.07, 6.45) is 0.873. The average molecular weight is 466 g/mol. The molecule has 0 aliphatic carbocycles. The van der Waals surface area contributed by atoms with Crippen molar-refractivity contribution in [1.82, 2.24) is 4.90 Å². The third-order valence-electron chi connectivity index (χ3n) is 6.09. The molecular formula is C26H40ClNO4. The molecule has 0 aliphatic heterocycles. The molecule has 2 aromatic rings. The molecular weight excluding hydrogens is 426 g/mol. The van der Waals surface area contributed by atoms with Crippen LogP contribution < -0.4 is 0 Å². The molecule has 0 amide bonds. The lowest BCUT2D eigenvalue weighted by atomic mass is 9.75. The highest BCUT2D eigenvalue weighted by atomic mass is 35.5. The van der Waals surface area contributed by atoms with E-state index in [0.717, 1.165) is 29.7 Å². The van der Waals surface area contributed by atoms with E-state index in [1.54, 1.807) is 13.8 Å². The molecule has 0 saturated heterocycles. The van der Waals surface area contributed by atoms with Crippen LogP contribution in [0.4, 0.5) is 0 Å². The van der Waals surface area contributed by atoms with Gasteiger partial charge in [-0.2, -0.15) is 0 Å². The fraction of sp³-hybridized carbons (Fsp3) is 0.500. The minimum atomic E-state index is -1.02. The predicted octanol–water partition coefficient (Wildman–Crippen LogP) is 4.78. The summed E-state index contributed by atoms with van der Waals surface area (Å²) in [4.78, 5) is 14.5. The molecule has 0 unspecified atom stereocenters. The highest BCUT2D eigenvalue weighted by Gasteiger charge is 2.34. The Bertz CT molecular complexity index is 829. The van der Waals surface area contributed by atoms with Crippen LogP contribution in [0.1, 0.15) is 76.1 Å². The number of carboxylic acid groups (broad SMARTS) is 1. The summed E-state index contributed by atoms with van der Waals surface area (Å²) in [6, 6.07) is 16.9. The summed E-state index contributed by atoms with van der Waals surface area (Å²) in [5.74, 6) is -0.801. The fourth-order valence-corrected chi connectivity index (χ4v) is 4.26. The monoisotopic (exact) mass is 465 g/mol. The second-order valence-electron chi connectivity index (χ2n) is 9.19. The van der Waals surface area contributed by atoms with Gasteiger partial charge in [-0.3, -0.25) is 9.69 Å². The van der Waals surface area contributed by atoms with Crippen LogP contribution >= 0.6 is 12.4 Å². The molecule has 180 valence electrons. The highest BCUT2D eigenvalue weighted by molar-refractivity contribution is 5.85. The zero-order valence-corrected chi connectivity index (χ0v) is 20.9. The summed E-state index contributed by atoms with van der Waals surface area (Å²) >= 11 is 0. The van der Waals surface area contributed by atoms with E-state index in [4.69, 9.17) is 0 Å². The van der Waals surface area contributed by atoms with Crippen LogP contribution in [0.5, 0.6) is 0 Å². The molecule has 2 aromatic carbocycles. The highest BCUT2D eigenvalue weighted by Crippen LogP contribution is 2.37. The molecule has 4 N–H and O–H groups in total. The van der Waals surface area contributed by atoms with E-state index in [-0.39, 0.29) is 30.4 Å². The van der Waals surface area contributed by atoms with Crippen LogP contribution in [0.15, 0.2) is 48.5 Å². The number of aliphatic hydroxyl groups excluding tert-OH is 1. The molecule has 0 fully saturated rings. The number of rotatable bonds is 10. The summed E-state index contributed by atoms with van der Waals surface area (Å²) in [5, 5.41) is 19.7. The van der Waals surface area contributed by atoms with E-state index in [0.29, 0.717) is 12.1 Å². The Labute approximate surface area is 199 Å². The Balaban J connectivity index is 0.00000480. The predicted molar refractivity (Wildman–Crippen MR) is 134 cm³/mol. The topological polar surface area (TPSA) is 92.3 Å². The Hall–Kier alpha value is -1.92. The van der Waals surface area contributed by atoms with E-state index >= 15 is 0 Å². The number of hydrogen-bond acceptors (Lipinski definition) is 3. The molecule has 1 atom stereocenters.